The molecule has 1 unspecified atom stereocenters. The van der Waals surface area contributed by atoms with Crippen molar-refractivity contribution in [2.24, 2.45) is 11.8 Å². The molecule has 0 aromatic heterocycles. The van der Waals surface area contributed by atoms with Gasteiger partial charge in [-0.25, -0.2) is 0 Å². The maximum atomic E-state index is 13.6. The number of hydrogen-bond donors (Lipinski definition) is 0. The zero-order chi connectivity index (χ0) is 21.1. The molecule has 0 N–H and O–H groups in total. The molecule has 2 amide bonds. The summed E-state index contributed by atoms with van der Waals surface area (Å²) in [5.74, 6) is 1.64. The summed E-state index contributed by atoms with van der Waals surface area (Å²) in [6.45, 7) is 7.07. The van der Waals surface area contributed by atoms with Crippen molar-refractivity contribution in [3.63, 3.8) is 0 Å². The third-order valence-corrected chi connectivity index (χ3v) is 7.75. The minimum absolute atomic E-state index is 0.00373. The van der Waals surface area contributed by atoms with Crippen molar-refractivity contribution in [1.82, 2.24) is 14.7 Å². The van der Waals surface area contributed by atoms with Gasteiger partial charge in [0.05, 0.1) is 6.04 Å². The first-order chi connectivity index (χ1) is 14.5. The molecule has 1 aromatic rings. The first-order valence-electron chi connectivity index (χ1n) is 11.6. The lowest BCUT2D eigenvalue weighted by Gasteiger charge is -2.43. The van der Waals surface area contributed by atoms with E-state index in [1.807, 2.05) is 29.2 Å². The molecule has 1 saturated carbocycles. The van der Waals surface area contributed by atoms with Crippen LogP contribution in [-0.2, 0) is 4.79 Å². The van der Waals surface area contributed by atoms with Gasteiger partial charge in [0.15, 0.2) is 0 Å². The van der Waals surface area contributed by atoms with Crippen molar-refractivity contribution in [2.75, 3.05) is 39.3 Å². The fourth-order valence-electron chi connectivity index (χ4n) is 5.35. The number of benzene rings is 1. The molecular weight excluding hydrogens is 442 g/mol. The molecule has 6 heteroatoms. The highest BCUT2D eigenvalue weighted by atomic mass is 79.9. The summed E-state index contributed by atoms with van der Waals surface area (Å²) in [5.41, 5.74) is 0.726. The van der Waals surface area contributed by atoms with Crippen molar-refractivity contribution in [2.45, 2.75) is 51.5 Å². The molecule has 1 aliphatic carbocycles. The van der Waals surface area contributed by atoms with Gasteiger partial charge >= 0.3 is 0 Å². The Balaban J connectivity index is 1.41. The molecule has 0 spiro atoms. The van der Waals surface area contributed by atoms with Crippen LogP contribution >= 0.6 is 15.9 Å². The van der Waals surface area contributed by atoms with Crippen LogP contribution in [0.15, 0.2) is 28.7 Å². The predicted octanol–water partition coefficient (Wildman–Crippen LogP) is 4.02. The van der Waals surface area contributed by atoms with Gasteiger partial charge in [0.1, 0.15) is 0 Å². The largest absolute Gasteiger partial charge is 0.341 e. The fourth-order valence-corrected chi connectivity index (χ4v) is 5.75. The number of carbonyl (C=O) groups is 2. The lowest BCUT2D eigenvalue weighted by Crippen LogP contribution is -2.59. The Morgan fingerprint density at radius 3 is 2.23 bits per heavy atom. The number of nitrogens with zero attached hydrogens (tertiary/aromatic N) is 3. The monoisotopic (exact) mass is 475 g/mol. The average molecular weight is 476 g/mol. The van der Waals surface area contributed by atoms with E-state index >= 15 is 0 Å². The van der Waals surface area contributed by atoms with Crippen LogP contribution in [-0.4, -0.2) is 71.8 Å². The highest BCUT2D eigenvalue weighted by Gasteiger charge is 2.39. The van der Waals surface area contributed by atoms with Crippen LogP contribution in [0.1, 0.15) is 55.8 Å². The van der Waals surface area contributed by atoms with E-state index in [4.69, 9.17) is 0 Å². The van der Waals surface area contributed by atoms with Crippen molar-refractivity contribution in [1.29, 1.82) is 0 Å². The maximum absolute atomic E-state index is 13.6. The van der Waals surface area contributed by atoms with E-state index in [0.717, 1.165) is 67.8 Å². The fraction of sp³-hybridized carbons (Fsp3) is 0.667. The van der Waals surface area contributed by atoms with Crippen LogP contribution < -0.4 is 0 Å². The molecule has 3 fully saturated rings. The summed E-state index contributed by atoms with van der Waals surface area (Å²) in [6, 6.07) is 7.61. The van der Waals surface area contributed by atoms with Crippen molar-refractivity contribution >= 4 is 27.7 Å². The smallest absolute Gasteiger partial charge is 0.253 e. The summed E-state index contributed by atoms with van der Waals surface area (Å²) in [6.07, 6.45) is 7.06. The second kappa shape index (κ2) is 9.82. The summed E-state index contributed by atoms with van der Waals surface area (Å²) in [4.78, 5) is 32.9. The average Bonchev–Trinajstić information content (AvgIpc) is 3.29. The standard InChI is InChI=1S/C24H34BrN3O2/c1-18-9-11-27(12-10-18)24(30)22(19-5-2-3-6-19)26-13-15-28(16-14-26)23(29)20-7-4-8-21(25)17-20/h4,7-8,17-19,22H,2-3,5-6,9-16H2,1H3. The van der Waals surface area contributed by atoms with Gasteiger partial charge in [-0.15, -0.1) is 0 Å². The second-order valence-corrected chi connectivity index (χ2v) is 10.3. The number of amides is 2. The quantitative estimate of drug-likeness (QED) is 0.660. The highest BCUT2D eigenvalue weighted by Crippen LogP contribution is 2.33. The van der Waals surface area contributed by atoms with Crippen LogP contribution in [0.4, 0.5) is 0 Å². The van der Waals surface area contributed by atoms with Gasteiger partial charge in [-0.1, -0.05) is 41.8 Å². The van der Waals surface area contributed by atoms with Gasteiger partial charge in [0.25, 0.3) is 5.91 Å². The maximum Gasteiger partial charge on any atom is 0.253 e. The van der Waals surface area contributed by atoms with Gasteiger partial charge < -0.3 is 9.80 Å². The molecule has 2 aliphatic heterocycles. The van der Waals surface area contributed by atoms with Gasteiger partial charge in [-0.2, -0.15) is 0 Å². The molecule has 0 radical (unpaired) electrons. The van der Waals surface area contributed by atoms with E-state index in [1.165, 1.54) is 12.8 Å². The van der Waals surface area contributed by atoms with Crippen molar-refractivity contribution in [3.05, 3.63) is 34.3 Å². The minimum atomic E-state index is 0.00373. The number of hydrogen-bond acceptors (Lipinski definition) is 3. The first-order valence-corrected chi connectivity index (χ1v) is 12.4. The van der Waals surface area contributed by atoms with E-state index in [-0.39, 0.29) is 11.9 Å². The number of piperazine rings is 1. The Hall–Kier alpha value is -1.40. The molecule has 1 atom stereocenters. The predicted molar refractivity (Wildman–Crippen MR) is 122 cm³/mol. The van der Waals surface area contributed by atoms with E-state index in [2.05, 4.69) is 32.7 Å². The molecule has 0 bridgehead atoms. The second-order valence-electron chi connectivity index (χ2n) is 9.34. The normalized spacial score (nSPS) is 23.0. The Morgan fingerprint density at radius 1 is 0.933 bits per heavy atom. The van der Waals surface area contributed by atoms with Crippen molar-refractivity contribution in [3.8, 4) is 0 Å². The molecule has 5 nitrogen and oxygen atoms in total. The minimum Gasteiger partial charge on any atom is -0.341 e. The van der Waals surface area contributed by atoms with Gasteiger partial charge in [0, 0.05) is 49.3 Å². The van der Waals surface area contributed by atoms with Crippen LogP contribution in [0.2, 0.25) is 0 Å². The van der Waals surface area contributed by atoms with E-state index in [0.29, 0.717) is 24.9 Å². The zero-order valence-electron chi connectivity index (χ0n) is 18.1. The third-order valence-electron chi connectivity index (χ3n) is 7.26. The molecule has 2 saturated heterocycles. The molecule has 164 valence electrons. The first kappa shape index (κ1) is 21.8. The molecule has 30 heavy (non-hydrogen) atoms. The Kier molecular flexibility index (Phi) is 7.14. The van der Waals surface area contributed by atoms with E-state index in [9.17, 15) is 9.59 Å². The molecule has 4 rings (SSSR count). The Morgan fingerprint density at radius 2 is 1.60 bits per heavy atom. The van der Waals surface area contributed by atoms with E-state index in [1.54, 1.807) is 0 Å². The van der Waals surface area contributed by atoms with Crippen LogP contribution in [0, 0.1) is 11.8 Å². The molecule has 3 aliphatic rings. The number of rotatable bonds is 4. The number of likely N-dealkylation sites (tertiary alicyclic amines) is 1. The lowest BCUT2D eigenvalue weighted by atomic mass is 9.92. The van der Waals surface area contributed by atoms with Gasteiger partial charge in [-0.05, 0) is 55.7 Å². The lowest BCUT2D eigenvalue weighted by molar-refractivity contribution is -0.141. The van der Waals surface area contributed by atoms with Crippen LogP contribution in [0.3, 0.4) is 0 Å². The number of halogens is 1. The summed E-state index contributed by atoms with van der Waals surface area (Å²) >= 11 is 3.46. The summed E-state index contributed by atoms with van der Waals surface area (Å²) < 4.78 is 0.926. The number of carbonyl (C=O) groups excluding carboxylic acids is 2. The van der Waals surface area contributed by atoms with E-state index < -0.39 is 0 Å². The molecule has 1 aromatic carbocycles. The zero-order valence-corrected chi connectivity index (χ0v) is 19.6. The molecule has 2 heterocycles. The Labute approximate surface area is 188 Å². The summed E-state index contributed by atoms with van der Waals surface area (Å²) in [7, 11) is 0. The third kappa shape index (κ3) is 4.91. The van der Waals surface area contributed by atoms with Gasteiger partial charge in [-0.3, -0.25) is 14.5 Å². The summed E-state index contributed by atoms with van der Waals surface area (Å²) in [5, 5.41) is 0. The Bertz CT molecular complexity index is 749. The SMILES string of the molecule is CC1CCN(C(=O)C(C2CCCC2)N2CCN(C(=O)c3cccc(Br)c3)CC2)CC1. The van der Waals surface area contributed by atoms with Crippen LogP contribution in [0.5, 0.6) is 0 Å². The molecular formula is C24H34BrN3O2. The van der Waals surface area contributed by atoms with Gasteiger partial charge in [0.2, 0.25) is 5.91 Å². The topological polar surface area (TPSA) is 43.9 Å². The van der Waals surface area contributed by atoms with Crippen LogP contribution in [0.25, 0.3) is 0 Å². The number of piperidine rings is 1. The van der Waals surface area contributed by atoms with Crippen molar-refractivity contribution < 1.29 is 9.59 Å². The highest BCUT2D eigenvalue weighted by molar-refractivity contribution is 9.10.